The van der Waals surface area contributed by atoms with Crippen molar-refractivity contribution in [1.82, 2.24) is 14.9 Å². The van der Waals surface area contributed by atoms with E-state index in [-0.39, 0.29) is 18.6 Å². The molecule has 3 rings (SSSR count). The van der Waals surface area contributed by atoms with Crippen LogP contribution in [-0.2, 0) is 16.1 Å². The van der Waals surface area contributed by atoms with E-state index in [0.717, 1.165) is 37.0 Å². The molecule has 0 spiro atoms. The van der Waals surface area contributed by atoms with Crippen LogP contribution in [-0.4, -0.2) is 34.7 Å². The second-order valence-corrected chi connectivity index (χ2v) is 6.13. The fourth-order valence-corrected chi connectivity index (χ4v) is 3.16. The van der Waals surface area contributed by atoms with Gasteiger partial charge in [-0.25, -0.2) is 4.98 Å². The number of aromatic nitrogens is 2. The number of hydrogen-bond acceptors (Lipinski definition) is 4. The summed E-state index contributed by atoms with van der Waals surface area (Å²) in [7, 11) is 0. The smallest absolute Gasteiger partial charge is 0.326 e. The van der Waals surface area contributed by atoms with Crippen molar-refractivity contribution in [3.8, 4) is 0 Å². The minimum absolute atomic E-state index is 0.0929. The van der Waals surface area contributed by atoms with Gasteiger partial charge in [0.05, 0.1) is 6.10 Å². The Morgan fingerprint density at radius 1 is 1.45 bits per heavy atom. The largest absolute Gasteiger partial charge is 0.462 e. The number of piperidine rings is 1. The number of fused-ring (bicyclic) bond motifs is 1. The average molecular weight is 301 g/mol. The van der Waals surface area contributed by atoms with Gasteiger partial charge in [0.2, 0.25) is 0 Å². The molecule has 1 saturated heterocycles. The van der Waals surface area contributed by atoms with Crippen molar-refractivity contribution < 1.29 is 9.53 Å². The van der Waals surface area contributed by atoms with Gasteiger partial charge in [0.25, 0.3) is 0 Å². The molecular formula is C17H23N3O2. The lowest BCUT2D eigenvalue weighted by molar-refractivity contribution is -0.148. The number of ether oxygens (including phenoxy) is 1. The van der Waals surface area contributed by atoms with Crippen molar-refractivity contribution in [2.75, 3.05) is 13.1 Å². The molecule has 1 fully saturated rings. The molecule has 0 unspecified atom stereocenters. The average Bonchev–Trinajstić information content (AvgIpc) is 2.86. The molecular weight excluding hydrogens is 278 g/mol. The number of esters is 1. The third-order valence-corrected chi connectivity index (χ3v) is 4.10. The number of nitrogens with zero attached hydrogens (tertiary/aromatic N) is 2. The normalized spacial score (nSPS) is 16.3. The van der Waals surface area contributed by atoms with Crippen molar-refractivity contribution >= 4 is 17.0 Å². The Labute approximate surface area is 130 Å². The Balaban J connectivity index is 1.95. The minimum atomic E-state index is -0.201. The van der Waals surface area contributed by atoms with Gasteiger partial charge in [0, 0.05) is 23.2 Å². The van der Waals surface area contributed by atoms with Crippen LogP contribution in [0.5, 0.6) is 0 Å². The van der Waals surface area contributed by atoms with Crippen LogP contribution in [0, 0.1) is 0 Å². The van der Waals surface area contributed by atoms with Crippen molar-refractivity contribution in [2.45, 2.75) is 45.3 Å². The van der Waals surface area contributed by atoms with Gasteiger partial charge in [-0.2, -0.15) is 0 Å². The fourth-order valence-electron chi connectivity index (χ4n) is 3.16. The second kappa shape index (κ2) is 6.48. The summed E-state index contributed by atoms with van der Waals surface area (Å²) in [5.74, 6) is 0.274. The van der Waals surface area contributed by atoms with Crippen LogP contribution in [0.1, 0.15) is 38.3 Å². The van der Waals surface area contributed by atoms with Gasteiger partial charge in [-0.1, -0.05) is 0 Å². The van der Waals surface area contributed by atoms with Crippen molar-refractivity contribution in [1.29, 1.82) is 0 Å². The number of nitrogens with one attached hydrogen (secondary N) is 1. The molecule has 0 amide bonds. The molecule has 0 radical (unpaired) electrons. The summed E-state index contributed by atoms with van der Waals surface area (Å²) < 4.78 is 7.35. The van der Waals surface area contributed by atoms with E-state index in [1.807, 2.05) is 24.5 Å². The first-order valence-electron chi connectivity index (χ1n) is 7.99. The molecule has 118 valence electrons. The molecule has 1 aliphatic heterocycles. The Hall–Kier alpha value is -1.88. The zero-order chi connectivity index (χ0) is 15.5. The molecule has 5 heteroatoms. The predicted octanol–water partition coefficient (Wildman–Crippen LogP) is 2.45. The number of carbonyl (C=O) groups is 1. The van der Waals surface area contributed by atoms with Gasteiger partial charge >= 0.3 is 5.97 Å². The molecule has 1 aliphatic rings. The topological polar surface area (TPSA) is 56.1 Å². The molecule has 2 aromatic heterocycles. The van der Waals surface area contributed by atoms with E-state index in [1.54, 1.807) is 6.20 Å². The Morgan fingerprint density at radius 3 is 2.95 bits per heavy atom. The molecule has 0 aliphatic carbocycles. The Morgan fingerprint density at radius 2 is 2.23 bits per heavy atom. The van der Waals surface area contributed by atoms with Gasteiger partial charge in [-0.3, -0.25) is 4.79 Å². The number of pyridine rings is 1. The van der Waals surface area contributed by atoms with E-state index in [9.17, 15) is 4.79 Å². The molecule has 5 nitrogen and oxygen atoms in total. The molecule has 3 heterocycles. The number of hydrogen-bond donors (Lipinski definition) is 1. The van der Waals surface area contributed by atoms with Gasteiger partial charge in [-0.15, -0.1) is 0 Å². The van der Waals surface area contributed by atoms with E-state index in [4.69, 9.17) is 4.74 Å². The first kappa shape index (κ1) is 15.0. The Bertz CT molecular complexity index is 657. The van der Waals surface area contributed by atoms with E-state index in [1.165, 1.54) is 5.69 Å². The highest BCUT2D eigenvalue weighted by molar-refractivity contribution is 5.80. The summed E-state index contributed by atoms with van der Waals surface area (Å²) in [5, 5.41) is 4.48. The predicted molar refractivity (Wildman–Crippen MR) is 85.8 cm³/mol. The monoisotopic (exact) mass is 301 g/mol. The molecule has 0 saturated carbocycles. The summed E-state index contributed by atoms with van der Waals surface area (Å²) in [5.41, 5.74) is 2.08. The quantitative estimate of drug-likeness (QED) is 0.881. The van der Waals surface area contributed by atoms with Crippen LogP contribution >= 0.6 is 0 Å². The zero-order valence-corrected chi connectivity index (χ0v) is 13.2. The third kappa shape index (κ3) is 3.14. The Kier molecular flexibility index (Phi) is 4.43. The van der Waals surface area contributed by atoms with E-state index in [2.05, 4.69) is 22.4 Å². The van der Waals surface area contributed by atoms with Crippen molar-refractivity contribution in [3.05, 3.63) is 30.1 Å². The summed E-state index contributed by atoms with van der Waals surface area (Å²) >= 11 is 0. The van der Waals surface area contributed by atoms with Crippen LogP contribution < -0.4 is 5.32 Å². The molecule has 0 bridgehead atoms. The van der Waals surface area contributed by atoms with Crippen LogP contribution in [0.2, 0.25) is 0 Å². The molecule has 0 aromatic carbocycles. The molecule has 22 heavy (non-hydrogen) atoms. The maximum Gasteiger partial charge on any atom is 0.326 e. The van der Waals surface area contributed by atoms with E-state index in [0.29, 0.717) is 5.92 Å². The van der Waals surface area contributed by atoms with Gasteiger partial charge in [-0.05, 0) is 58.0 Å². The lowest BCUT2D eigenvalue weighted by Crippen LogP contribution is -2.28. The maximum atomic E-state index is 12.1. The summed E-state index contributed by atoms with van der Waals surface area (Å²) in [4.78, 5) is 16.6. The number of rotatable bonds is 4. The van der Waals surface area contributed by atoms with Gasteiger partial charge in [0.1, 0.15) is 12.2 Å². The SMILES string of the molecule is CC(C)OC(=O)Cn1c(C2CCNCC2)cc2cccnc21. The lowest BCUT2D eigenvalue weighted by Gasteiger charge is -2.24. The van der Waals surface area contributed by atoms with Gasteiger partial charge < -0.3 is 14.6 Å². The molecule has 1 N–H and O–H groups in total. The standard InChI is InChI=1S/C17H23N3O2/c1-12(2)22-16(21)11-20-15(13-5-8-18-9-6-13)10-14-4-3-7-19-17(14)20/h3-4,7,10,12-13,18H,5-6,8-9,11H2,1-2H3. The highest BCUT2D eigenvalue weighted by Gasteiger charge is 2.22. The minimum Gasteiger partial charge on any atom is -0.462 e. The molecule has 2 aromatic rings. The van der Waals surface area contributed by atoms with Crippen molar-refractivity contribution in [3.63, 3.8) is 0 Å². The third-order valence-electron chi connectivity index (χ3n) is 4.10. The molecule has 0 atom stereocenters. The van der Waals surface area contributed by atoms with Crippen LogP contribution in [0.3, 0.4) is 0 Å². The van der Waals surface area contributed by atoms with Crippen LogP contribution in [0.4, 0.5) is 0 Å². The second-order valence-electron chi connectivity index (χ2n) is 6.13. The summed E-state index contributed by atoms with van der Waals surface area (Å²) in [6, 6.07) is 6.17. The van der Waals surface area contributed by atoms with Crippen molar-refractivity contribution in [2.24, 2.45) is 0 Å². The zero-order valence-electron chi connectivity index (χ0n) is 13.2. The van der Waals surface area contributed by atoms with Crippen LogP contribution in [0.25, 0.3) is 11.0 Å². The lowest BCUT2D eigenvalue weighted by atomic mass is 9.94. The first-order valence-corrected chi connectivity index (χ1v) is 7.99. The number of carbonyl (C=O) groups excluding carboxylic acids is 1. The van der Waals surface area contributed by atoms with E-state index >= 15 is 0 Å². The van der Waals surface area contributed by atoms with E-state index < -0.39 is 0 Å². The maximum absolute atomic E-state index is 12.1. The first-order chi connectivity index (χ1) is 10.6. The fraction of sp³-hybridized carbons (Fsp3) is 0.529. The highest BCUT2D eigenvalue weighted by Crippen LogP contribution is 2.30. The summed E-state index contributed by atoms with van der Waals surface area (Å²) in [6.07, 6.45) is 3.87. The summed E-state index contributed by atoms with van der Waals surface area (Å²) in [6.45, 7) is 6.03. The van der Waals surface area contributed by atoms with Crippen LogP contribution in [0.15, 0.2) is 24.4 Å². The van der Waals surface area contributed by atoms with Gasteiger partial charge in [0.15, 0.2) is 0 Å². The highest BCUT2D eigenvalue weighted by atomic mass is 16.5.